The number of para-hydroxylation sites is 1. The summed E-state index contributed by atoms with van der Waals surface area (Å²) < 4.78 is 10.0. The quantitative estimate of drug-likeness (QED) is 0.588. The highest BCUT2D eigenvalue weighted by atomic mass is 79.9. The van der Waals surface area contributed by atoms with Crippen LogP contribution in [-0.4, -0.2) is 23.6 Å². The molecule has 0 aliphatic carbocycles. The molecule has 132 valence electrons. The van der Waals surface area contributed by atoms with Gasteiger partial charge in [-0.25, -0.2) is 0 Å². The topological polar surface area (TPSA) is 43.3 Å². The highest BCUT2D eigenvalue weighted by molar-refractivity contribution is 9.11. The predicted molar refractivity (Wildman–Crippen MR) is 107 cm³/mol. The number of carbonyl (C=O) groups is 1. The molecule has 0 spiro atoms. The number of halogens is 1. The lowest BCUT2D eigenvalue weighted by molar-refractivity contribution is 0.0939. The SMILES string of the molecule is CC(C)CNC(=O)c1cc2sc(Br)cc2n1CCOc1ccccc1. The third kappa shape index (κ3) is 4.44. The molecule has 0 radical (unpaired) electrons. The van der Waals surface area contributed by atoms with E-state index in [0.29, 0.717) is 31.3 Å². The number of hydrogen-bond acceptors (Lipinski definition) is 3. The van der Waals surface area contributed by atoms with Crippen LogP contribution in [0.1, 0.15) is 24.3 Å². The maximum absolute atomic E-state index is 12.6. The Balaban J connectivity index is 1.78. The van der Waals surface area contributed by atoms with Crippen LogP contribution in [0.25, 0.3) is 10.2 Å². The maximum atomic E-state index is 12.6. The molecule has 0 fully saturated rings. The first kappa shape index (κ1) is 18.0. The molecule has 2 heterocycles. The molecule has 1 amide bonds. The molecule has 1 N–H and O–H groups in total. The van der Waals surface area contributed by atoms with Crippen molar-refractivity contribution in [1.82, 2.24) is 9.88 Å². The lowest BCUT2D eigenvalue weighted by Crippen LogP contribution is -2.29. The Labute approximate surface area is 159 Å². The first-order chi connectivity index (χ1) is 12.0. The van der Waals surface area contributed by atoms with Gasteiger partial charge in [0, 0.05) is 6.54 Å². The molecule has 0 aliphatic rings. The van der Waals surface area contributed by atoms with Crippen molar-refractivity contribution in [2.45, 2.75) is 20.4 Å². The normalized spacial score (nSPS) is 11.2. The van der Waals surface area contributed by atoms with E-state index in [1.807, 2.05) is 41.0 Å². The van der Waals surface area contributed by atoms with E-state index in [1.165, 1.54) is 0 Å². The molecule has 6 heteroatoms. The molecule has 0 aliphatic heterocycles. The smallest absolute Gasteiger partial charge is 0.267 e. The van der Waals surface area contributed by atoms with E-state index in [-0.39, 0.29) is 5.91 Å². The Kier molecular flexibility index (Phi) is 5.81. The highest BCUT2D eigenvalue weighted by Gasteiger charge is 2.17. The number of nitrogens with one attached hydrogen (secondary N) is 1. The summed E-state index contributed by atoms with van der Waals surface area (Å²) in [5.41, 5.74) is 1.74. The maximum Gasteiger partial charge on any atom is 0.267 e. The molecular weight excluding hydrogens is 400 g/mol. The van der Waals surface area contributed by atoms with Gasteiger partial charge in [0.2, 0.25) is 0 Å². The van der Waals surface area contributed by atoms with Gasteiger partial charge >= 0.3 is 0 Å². The van der Waals surface area contributed by atoms with Crippen LogP contribution in [0.3, 0.4) is 0 Å². The van der Waals surface area contributed by atoms with Crippen LogP contribution >= 0.6 is 27.3 Å². The van der Waals surface area contributed by atoms with E-state index >= 15 is 0 Å². The van der Waals surface area contributed by atoms with Crippen LogP contribution in [0.5, 0.6) is 5.75 Å². The third-order valence-electron chi connectivity index (χ3n) is 3.79. The summed E-state index contributed by atoms with van der Waals surface area (Å²) in [5, 5.41) is 3.00. The van der Waals surface area contributed by atoms with Crippen molar-refractivity contribution in [3.8, 4) is 5.75 Å². The predicted octanol–water partition coefficient (Wildman–Crippen LogP) is 4.93. The Hall–Kier alpha value is -1.79. The van der Waals surface area contributed by atoms with Gasteiger partial charge in [0.25, 0.3) is 5.91 Å². The number of amides is 1. The summed E-state index contributed by atoms with van der Waals surface area (Å²) in [6, 6.07) is 13.7. The number of rotatable bonds is 7. The molecule has 2 aromatic heterocycles. The van der Waals surface area contributed by atoms with E-state index in [1.54, 1.807) is 11.3 Å². The average molecular weight is 421 g/mol. The number of ether oxygens (including phenoxy) is 1. The number of nitrogens with zero attached hydrogens (tertiary/aromatic N) is 1. The molecular formula is C19H21BrN2O2S. The second-order valence-electron chi connectivity index (χ2n) is 6.25. The fraction of sp³-hybridized carbons (Fsp3) is 0.316. The Morgan fingerprint density at radius 1 is 1.28 bits per heavy atom. The van der Waals surface area contributed by atoms with Gasteiger partial charge < -0.3 is 14.6 Å². The molecule has 3 aromatic rings. The van der Waals surface area contributed by atoms with Crippen molar-refractivity contribution < 1.29 is 9.53 Å². The minimum atomic E-state index is -0.0343. The van der Waals surface area contributed by atoms with Crippen molar-refractivity contribution in [1.29, 1.82) is 0 Å². The lowest BCUT2D eigenvalue weighted by atomic mass is 10.2. The van der Waals surface area contributed by atoms with E-state index in [9.17, 15) is 4.79 Å². The molecule has 0 saturated heterocycles. The first-order valence-electron chi connectivity index (χ1n) is 8.29. The molecule has 0 bridgehead atoms. The number of carbonyl (C=O) groups excluding carboxylic acids is 1. The van der Waals surface area contributed by atoms with E-state index < -0.39 is 0 Å². The van der Waals surface area contributed by atoms with Gasteiger partial charge in [-0.15, -0.1) is 11.3 Å². The summed E-state index contributed by atoms with van der Waals surface area (Å²) in [4.78, 5) is 12.6. The van der Waals surface area contributed by atoms with Crippen LogP contribution in [0, 0.1) is 5.92 Å². The minimum Gasteiger partial charge on any atom is -0.492 e. The summed E-state index contributed by atoms with van der Waals surface area (Å²) >= 11 is 5.16. The molecule has 4 nitrogen and oxygen atoms in total. The first-order valence-corrected chi connectivity index (χ1v) is 9.90. The zero-order valence-electron chi connectivity index (χ0n) is 14.3. The monoisotopic (exact) mass is 420 g/mol. The van der Waals surface area contributed by atoms with Crippen LogP contribution in [0.4, 0.5) is 0 Å². The Bertz CT molecular complexity index is 855. The summed E-state index contributed by atoms with van der Waals surface area (Å²) in [6.07, 6.45) is 0. The van der Waals surface area contributed by atoms with Crippen molar-refractivity contribution >= 4 is 43.4 Å². The number of thiophene rings is 1. The second kappa shape index (κ2) is 8.06. The van der Waals surface area contributed by atoms with Gasteiger partial charge in [-0.2, -0.15) is 0 Å². The van der Waals surface area contributed by atoms with Crippen LogP contribution in [0.15, 0.2) is 46.3 Å². The average Bonchev–Trinajstić information content (AvgIpc) is 3.10. The van der Waals surface area contributed by atoms with Gasteiger partial charge in [-0.05, 0) is 46.1 Å². The fourth-order valence-electron chi connectivity index (χ4n) is 2.60. The zero-order chi connectivity index (χ0) is 17.8. The van der Waals surface area contributed by atoms with Gasteiger partial charge in [0.05, 0.1) is 20.5 Å². The lowest BCUT2D eigenvalue weighted by Gasteiger charge is -2.12. The molecule has 25 heavy (non-hydrogen) atoms. The zero-order valence-corrected chi connectivity index (χ0v) is 16.7. The van der Waals surface area contributed by atoms with Crippen molar-refractivity contribution in [3.05, 3.63) is 51.9 Å². The Morgan fingerprint density at radius 3 is 2.76 bits per heavy atom. The highest BCUT2D eigenvalue weighted by Crippen LogP contribution is 2.32. The summed E-state index contributed by atoms with van der Waals surface area (Å²) in [6.45, 7) is 5.96. The molecule has 0 atom stereocenters. The van der Waals surface area contributed by atoms with E-state index in [2.05, 4.69) is 41.2 Å². The number of benzene rings is 1. The molecule has 1 aromatic carbocycles. The van der Waals surface area contributed by atoms with Gasteiger partial charge in [0.1, 0.15) is 18.1 Å². The van der Waals surface area contributed by atoms with Crippen LogP contribution in [-0.2, 0) is 6.54 Å². The van der Waals surface area contributed by atoms with Crippen molar-refractivity contribution in [3.63, 3.8) is 0 Å². The van der Waals surface area contributed by atoms with E-state index in [4.69, 9.17) is 4.74 Å². The largest absolute Gasteiger partial charge is 0.492 e. The standard InChI is InChI=1S/C19H21BrN2O2S/c1-13(2)12-21-19(23)16-10-17-15(11-18(20)25-17)22(16)8-9-24-14-6-4-3-5-7-14/h3-7,10-11,13H,8-9,12H2,1-2H3,(H,21,23). The molecule has 3 rings (SSSR count). The van der Waals surface area contributed by atoms with Gasteiger partial charge in [-0.1, -0.05) is 32.0 Å². The third-order valence-corrected chi connectivity index (χ3v) is 5.36. The van der Waals surface area contributed by atoms with Gasteiger partial charge in [-0.3, -0.25) is 4.79 Å². The van der Waals surface area contributed by atoms with Crippen molar-refractivity contribution in [2.75, 3.05) is 13.2 Å². The summed E-state index contributed by atoms with van der Waals surface area (Å²) in [5.74, 6) is 1.22. The summed E-state index contributed by atoms with van der Waals surface area (Å²) in [7, 11) is 0. The number of aromatic nitrogens is 1. The Morgan fingerprint density at radius 2 is 2.04 bits per heavy atom. The van der Waals surface area contributed by atoms with Gasteiger partial charge in [0.15, 0.2) is 0 Å². The number of fused-ring (bicyclic) bond motifs is 1. The van der Waals surface area contributed by atoms with Crippen LogP contribution < -0.4 is 10.1 Å². The van der Waals surface area contributed by atoms with Crippen molar-refractivity contribution in [2.24, 2.45) is 5.92 Å². The second-order valence-corrected chi connectivity index (χ2v) is 8.71. The van der Waals surface area contributed by atoms with Crippen LogP contribution in [0.2, 0.25) is 0 Å². The minimum absolute atomic E-state index is 0.0343. The molecule has 0 saturated carbocycles. The number of hydrogen-bond donors (Lipinski definition) is 1. The molecule has 0 unspecified atom stereocenters. The fourth-order valence-corrected chi connectivity index (χ4v) is 4.16. The van der Waals surface area contributed by atoms with E-state index in [0.717, 1.165) is 19.8 Å².